The summed E-state index contributed by atoms with van der Waals surface area (Å²) in [4.78, 5) is 25.2. The molecule has 1 fully saturated rings. The van der Waals surface area contributed by atoms with E-state index in [1.54, 1.807) is 23.1 Å². The van der Waals surface area contributed by atoms with Crippen LogP contribution in [0.2, 0.25) is 5.02 Å². The number of para-hydroxylation sites is 1. The minimum Gasteiger partial charge on any atom is -0.478 e. The fourth-order valence-electron chi connectivity index (χ4n) is 6.62. The van der Waals surface area contributed by atoms with Crippen molar-refractivity contribution in [3.05, 3.63) is 106 Å². The topological polar surface area (TPSA) is 114 Å². The van der Waals surface area contributed by atoms with Gasteiger partial charge < -0.3 is 30.5 Å². The van der Waals surface area contributed by atoms with Crippen LogP contribution in [-0.4, -0.2) is 29.7 Å². The van der Waals surface area contributed by atoms with Gasteiger partial charge in [0.15, 0.2) is 11.5 Å². The van der Waals surface area contributed by atoms with Gasteiger partial charge in [0, 0.05) is 42.5 Å². The lowest BCUT2D eigenvalue weighted by atomic mass is 9.98. The van der Waals surface area contributed by atoms with Crippen molar-refractivity contribution in [1.82, 2.24) is 0 Å². The van der Waals surface area contributed by atoms with Crippen LogP contribution in [0.5, 0.6) is 11.5 Å². The summed E-state index contributed by atoms with van der Waals surface area (Å²) in [7, 11) is 0. The second-order valence-corrected chi connectivity index (χ2v) is 13.1. The number of aromatic carboxylic acids is 1. The van der Waals surface area contributed by atoms with Crippen molar-refractivity contribution in [2.45, 2.75) is 44.6 Å². The third kappa shape index (κ3) is 5.53. The van der Waals surface area contributed by atoms with Crippen molar-refractivity contribution in [3.8, 4) is 22.6 Å². The summed E-state index contributed by atoms with van der Waals surface area (Å²) in [6, 6.07) is 13.3. The first-order valence-corrected chi connectivity index (χ1v) is 15.5. The van der Waals surface area contributed by atoms with Crippen molar-refractivity contribution in [2.24, 2.45) is 11.1 Å². The van der Waals surface area contributed by atoms with Gasteiger partial charge in [-0.1, -0.05) is 23.7 Å². The van der Waals surface area contributed by atoms with Crippen LogP contribution in [0.15, 0.2) is 60.7 Å². The lowest BCUT2D eigenvalue weighted by Gasteiger charge is -2.31. The van der Waals surface area contributed by atoms with E-state index in [4.69, 9.17) is 26.8 Å². The van der Waals surface area contributed by atoms with Crippen LogP contribution in [0.3, 0.4) is 0 Å². The number of carboxylic acids is 1. The third-order valence-electron chi connectivity index (χ3n) is 9.18. The van der Waals surface area contributed by atoms with E-state index >= 15 is 13.2 Å². The summed E-state index contributed by atoms with van der Waals surface area (Å²) in [5, 5.41) is 12.7. The zero-order valence-electron chi connectivity index (χ0n) is 25.4. The number of fused-ring (bicyclic) bond motifs is 2. The lowest BCUT2D eigenvalue weighted by molar-refractivity contribution is -0.119. The van der Waals surface area contributed by atoms with E-state index in [1.807, 2.05) is 0 Å². The normalized spacial score (nSPS) is 20.0. The Balaban J connectivity index is 1.20. The van der Waals surface area contributed by atoms with Gasteiger partial charge in [0.05, 0.1) is 22.5 Å². The summed E-state index contributed by atoms with van der Waals surface area (Å²) >= 11 is 5.91. The molecule has 0 saturated heterocycles. The number of nitrogens with one attached hydrogen (secondary N) is 1. The standard InChI is InChI=1S/C35H28ClF4N3O5/c1-34(22-6-5-19(36)13-25(22)39)47-28-4-2-3-20(32(28)48-34)17-9-23(37)21(24(38)10-17)14-30-42-31-26(40)11-18(33(45)46)12-27(31)43(30)16-35(7-8-35)15-29(41)44/h2-6,9-13,30,42H,7-8,14-16H2,1H3,(H2,41,44)(H,45,46). The molecule has 248 valence electrons. The maximum absolute atomic E-state index is 15.9. The molecule has 7 rings (SSSR count). The number of carbonyl (C=O) groups excluding carboxylic acids is 1. The molecule has 1 amide bonds. The van der Waals surface area contributed by atoms with E-state index in [1.165, 1.54) is 25.1 Å². The van der Waals surface area contributed by atoms with Crippen LogP contribution >= 0.6 is 11.6 Å². The average Bonchev–Trinajstić information content (AvgIpc) is 3.52. The second-order valence-electron chi connectivity index (χ2n) is 12.6. The van der Waals surface area contributed by atoms with Gasteiger partial charge in [0.1, 0.15) is 29.4 Å². The first-order valence-electron chi connectivity index (χ1n) is 15.1. The number of carbonyl (C=O) groups is 2. The lowest BCUT2D eigenvalue weighted by Crippen LogP contribution is -2.42. The van der Waals surface area contributed by atoms with Gasteiger partial charge in [-0.05, 0) is 72.4 Å². The molecule has 4 aromatic carbocycles. The van der Waals surface area contributed by atoms with Gasteiger partial charge in [-0.3, -0.25) is 4.79 Å². The van der Waals surface area contributed by atoms with E-state index in [9.17, 15) is 19.1 Å². The number of primary amides is 1. The number of ether oxygens (including phenoxy) is 2. The van der Waals surface area contributed by atoms with Crippen molar-refractivity contribution in [3.63, 3.8) is 0 Å². The number of halogens is 5. The summed E-state index contributed by atoms with van der Waals surface area (Å²) in [6.45, 7) is 1.70. The average molecular weight is 682 g/mol. The van der Waals surface area contributed by atoms with Crippen LogP contribution in [0, 0.1) is 28.7 Å². The van der Waals surface area contributed by atoms with Crippen LogP contribution in [0.4, 0.5) is 28.9 Å². The predicted octanol–water partition coefficient (Wildman–Crippen LogP) is 7.36. The summed E-state index contributed by atoms with van der Waals surface area (Å²) in [5.74, 6) is -6.31. The van der Waals surface area contributed by atoms with Crippen molar-refractivity contribution >= 4 is 34.9 Å². The minimum atomic E-state index is -1.58. The Morgan fingerprint density at radius 3 is 2.38 bits per heavy atom. The maximum atomic E-state index is 15.9. The Morgan fingerprint density at radius 2 is 1.73 bits per heavy atom. The van der Waals surface area contributed by atoms with Crippen molar-refractivity contribution in [2.75, 3.05) is 16.8 Å². The fraction of sp³-hybridized carbons (Fsp3) is 0.257. The number of nitrogens with zero attached hydrogens (tertiary/aromatic N) is 1. The molecule has 0 aromatic heterocycles. The molecule has 1 saturated carbocycles. The molecular weight excluding hydrogens is 654 g/mol. The largest absolute Gasteiger partial charge is 0.478 e. The van der Waals surface area contributed by atoms with Gasteiger partial charge >= 0.3 is 5.97 Å². The number of rotatable bonds is 9. The molecule has 13 heteroatoms. The zero-order valence-corrected chi connectivity index (χ0v) is 26.1. The Hall–Kier alpha value is -4.97. The van der Waals surface area contributed by atoms with Crippen LogP contribution in [0.1, 0.15) is 47.7 Å². The molecule has 0 spiro atoms. The number of nitrogens with two attached hydrogens (primary N) is 1. The van der Waals surface area contributed by atoms with E-state index in [2.05, 4.69) is 5.32 Å². The smallest absolute Gasteiger partial charge is 0.335 e. The molecule has 2 atom stereocenters. The summed E-state index contributed by atoms with van der Waals surface area (Å²) < 4.78 is 73.9. The number of amides is 1. The van der Waals surface area contributed by atoms with Crippen molar-refractivity contribution in [1.29, 1.82) is 0 Å². The summed E-state index contributed by atoms with van der Waals surface area (Å²) in [6.07, 6.45) is 0.211. The Labute approximate surface area is 277 Å². The maximum Gasteiger partial charge on any atom is 0.335 e. The molecule has 4 N–H and O–H groups in total. The summed E-state index contributed by atoms with van der Waals surface area (Å²) in [5.41, 5.74) is 5.07. The van der Waals surface area contributed by atoms with Gasteiger partial charge in [0.2, 0.25) is 5.91 Å². The van der Waals surface area contributed by atoms with Gasteiger partial charge in [-0.25, -0.2) is 22.4 Å². The van der Waals surface area contributed by atoms with Crippen LogP contribution in [-0.2, 0) is 17.0 Å². The zero-order chi connectivity index (χ0) is 34.1. The highest BCUT2D eigenvalue weighted by molar-refractivity contribution is 6.30. The molecule has 4 aromatic rings. The van der Waals surface area contributed by atoms with Gasteiger partial charge in [0.25, 0.3) is 5.79 Å². The quantitative estimate of drug-likeness (QED) is 0.158. The first-order chi connectivity index (χ1) is 22.8. The molecule has 2 heterocycles. The van der Waals surface area contributed by atoms with Gasteiger partial charge in [-0.2, -0.15) is 0 Å². The predicted molar refractivity (Wildman–Crippen MR) is 169 cm³/mol. The molecule has 0 bridgehead atoms. The van der Waals surface area contributed by atoms with Crippen molar-refractivity contribution < 1.29 is 41.7 Å². The Kier molecular flexibility index (Phi) is 7.46. The Bertz CT molecular complexity index is 2000. The molecule has 0 radical (unpaired) electrons. The molecular formula is C35H28ClF4N3O5. The van der Waals surface area contributed by atoms with E-state index in [-0.39, 0.29) is 69.5 Å². The number of anilines is 2. The van der Waals surface area contributed by atoms with E-state index < -0.39 is 52.5 Å². The second kappa shape index (κ2) is 11.3. The number of hydrogen-bond acceptors (Lipinski definition) is 6. The third-order valence-corrected chi connectivity index (χ3v) is 9.41. The SMILES string of the molecule is CC1(c2ccc(Cl)cc2F)Oc2cccc(-c3cc(F)c(CC4Nc5c(F)cc(C(=O)O)cc5N4CC4(CC(N)=O)CC4)c(F)c3)c2O1. The van der Waals surface area contributed by atoms with Gasteiger partial charge in [-0.15, -0.1) is 0 Å². The molecule has 48 heavy (non-hydrogen) atoms. The first kappa shape index (κ1) is 31.6. The fourth-order valence-corrected chi connectivity index (χ4v) is 6.78. The molecule has 1 aliphatic carbocycles. The highest BCUT2D eigenvalue weighted by Crippen LogP contribution is 2.53. The molecule has 8 nitrogen and oxygen atoms in total. The van der Waals surface area contributed by atoms with E-state index in [0.717, 1.165) is 24.3 Å². The highest BCUT2D eigenvalue weighted by atomic mass is 35.5. The monoisotopic (exact) mass is 681 g/mol. The number of hydrogen-bond donors (Lipinski definition) is 3. The highest BCUT2D eigenvalue weighted by Gasteiger charge is 2.48. The number of benzene rings is 4. The van der Waals surface area contributed by atoms with E-state index in [0.29, 0.717) is 18.4 Å². The molecule has 3 aliphatic rings. The number of carboxylic acid groups (broad SMARTS) is 1. The van der Waals surface area contributed by atoms with Crippen LogP contribution in [0.25, 0.3) is 11.1 Å². The van der Waals surface area contributed by atoms with Crippen LogP contribution < -0.4 is 25.4 Å². The Morgan fingerprint density at radius 1 is 1.00 bits per heavy atom. The molecule has 2 aliphatic heterocycles. The molecule has 2 unspecified atom stereocenters. The minimum absolute atomic E-state index is 0.00511.